The number of hydrogen-bond acceptors (Lipinski definition) is 5. The van der Waals surface area contributed by atoms with E-state index in [9.17, 15) is 9.59 Å². The number of pyridine rings is 1. The number of rotatable bonds is 4. The number of carbonyl (C=O) groups excluding carboxylic acids is 1. The maximum absolute atomic E-state index is 13.6. The van der Waals surface area contributed by atoms with Crippen LogP contribution >= 0.6 is 11.3 Å². The first kappa shape index (κ1) is 18.8. The average molecular weight is 417 g/mol. The molecule has 5 rings (SSSR count). The highest BCUT2D eigenvalue weighted by atomic mass is 32.1. The fourth-order valence-electron chi connectivity index (χ4n) is 3.83. The van der Waals surface area contributed by atoms with Crippen LogP contribution in [0.1, 0.15) is 15.9 Å². The number of fused-ring (bicyclic) bond motifs is 1. The molecule has 2 aromatic heterocycles. The van der Waals surface area contributed by atoms with Crippen molar-refractivity contribution >= 4 is 32.3 Å². The number of morpholine rings is 1. The van der Waals surface area contributed by atoms with Gasteiger partial charge in [0.1, 0.15) is 9.83 Å². The third-order valence-corrected chi connectivity index (χ3v) is 6.55. The Morgan fingerprint density at radius 2 is 1.53 bits per heavy atom. The number of ether oxygens (including phenoxy) is 1. The Morgan fingerprint density at radius 3 is 2.23 bits per heavy atom. The van der Waals surface area contributed by atoms with Crippen LogP contribution in [0.15, 0.2) is 77.6 Å². The van der Waals surface area contributed by atoms with Gasteiger partial charge in [0.2, 0.25) is 0 Å². The normalized spacial score (nSPS) is 14.2. The van der Waals surface area contributed by atoms with Gasteiger partial charge in [-0.05, 0) is 18.2 Å². The van der Waals surface area contributed by atoms with Crippen molar-refractivity contribution in [1.82, 2.24) is 4.57 Å². The van der Waals surface area contributed by atoms with Gasteiger partial charge in [0.05, 0.1) is 24.5 Å². The summed E-state index contributed by atoms with van der Waals surface area (Å²) in [4.78, 5) is 29.4. The fraction of sp³-hybridized carbons (Fsp3) is 0.167. The second-order valence-corrected chi connectivity index (χ2v) is 8.12. The molecule has 30 heavy (non-hydrogen) atoms. The Bertz CT molecular complexity index is 1260. The second-order valence-electron chi connectivity index (χ2n) is 7.14. The summed E-state index contributed by atoms with van der Waals surface area (Å²) < 4.78 is 7.22. The van der Waals surface area contributed by atoms with Crippen molar-refractivity contribution < 1.29 is 9.53 Å². The molecule has 0 unspecified atom stereocenters. The molecule has 0 N–H and O–H groups in total. The zero-order valence-corrected chi connectivity index (χ0v) is 17.1. The molecule has 6 heteroatoms. The van der Waals surface area contributed by atoms with Gasteiger partial charge in [-0.25, -0.2) is 0 Å². The smallest absolute Gasteiger partial charge is 0.256 e. The van der Waals surface area contributed by atoms with Crippen LogP contribution in [0.4, 0.5) is 5.00 Å². The summed E-state index contributed by atoms with van der Waals surface area (Å²) in [5.41, 5.74) is 1.99. The molecule has 0 amide bonds. The molecule has 0 atom stereocenters. The van der Waals surface area contributed by atoms with Crippen LogP contribution in [0, 0.1) is 0 Å². The molecule has 0 aliphatic carbocycles. The Labute approximate surface area is 177 Å². The van der Waals surface area contributed by atoms with E-state index in [1.807, 2.05) is 60.7 Å². The first-order chi connectivity index (χ1) is 14.7. The van der Waals surface area contributed by atoms with Gasteiger partial charge in [0, 0.05) is 30.1 Å². The molecule has 0 radical (unpaired) electrons. The van der Waals surface area contributed by atoms with Gasteiger partial charge in [-0.1, -0.05) is 59.9 Å². The van der Waals surface area contributed by atoms with E-state index in [0.717, 1.165) is 34.0 Å². The van der Waals surface area contributed by atoms with Gasteiger partial charge in [-0.15, -0.1) is 0 Å². The number of aromatic nitrogens is 1. The van der Waals surface area contributed by atoms with Crippen LogP contribution in [0.3, 0.4) is 0 Å². The minimum Gasteiger partial charge on any atom is -0.378 e. The van der Waals surface area contributed by atoms with E-state index in [4.69, 9.17) is 4.74 Å². The van der Waals surface area contributed by atoms with E-state index in [0.29, 0.717) is 24.3 Å². The summed E-state index contributed by atoms with van der Waals surface area (Å²) in [5, 5.41) is 1.70. The van der Waals surface area contributed by atoms with Crippen molar-refractivity contribution in [3.8, 4) is 5.69 Å². The second kappa shape index (κ2) is 7.89. The van der Waals surface area contributed by atoms with Crippen molar-refractivity contribution in [2.45, 2.75) is 0 Å². The van der Waals surface area contributed by atoms with Crippen LogP contribution in [-0.2, 0) is 4.74 Å². The van der Waals surface area contributed by atoms with E-state index in [2.05, 4.69) is 4.90 Å². The van der Waals surface area contributed by atoms with Crippen molar-refractivity contribution in [3.63, 3.8) is 0 Å². The number of thiophene rings is 1. The number of nitrogens with zero attached hydrogens (tertiary/aromatic N) is 2. The molecule has 2 aromatic carbocycles. The topological polar surface area (TPSA) is 51.5 Å². The molecule has 150 valence electrons. The summed E-state index contributed by atoms with van der Waals surface area (Å²) in [6, 6.07) is 22.2. The quantitative estimate of drug-likeness (QED) is 0.470. The molecule has 3 heterocycles. The lowest BCUT2D eigenvalue weighted by atomic mass is 10.0. The van der Waals surface area contributed by atoms with E-state index in [1.54, 1.807) is 16.7 Å². The predicted octanol–water partition coefficient (Wildman–Crippen LogP) is 4.12. The number of anilines is 1. The summed E-state index contributed by atoms with van der Waals surface area (Å²) in [7, 11) is 0. The largest absolute Gasteiger partial charge is 0.378 e. The number of carbonyl (C=O) groups is 1. The van der Waals surface area contributed by atoms with E-state index >= 15 is 0 Å². The van der Waals surface area contributed by atoms with Crippen LogP contribution < -0.4 is 10.5 Å². The fourth-order valence-corrected chi connectivity index (χ4v) is 5.20. The molecule has 1 fully saturated rings. The SMILES string of the molecule is O=C(c1ccccc1)c1c(N2CCOCC2)sc2c1ccc(=O)n2-c1ccccc1. The molecule has 0 saturated carbocycles. The zero-order chi connectivity index (χ0) is 20.5. The number of para-hydroxylation sites is 1. The number of benzene rings is 2. The summed E-state index contributed by atoms with van der Waals surface area (Å²) >= 11 is 1.50. The monoisotopic (exact) mass is 416 g/mol. The highest BCUT2D eigenvalue weighted by Crippen LogP contribution is 2.40. The summed E-state index contributed by atoms with van der Waals surface area (Å²) in [5.74, 6) is -0.0263. The van der Waals surface area contributed by atoms with E-state index in [-0.39, 0.29) is 11.3 Å². The summed E-state index contributed by atoms with van der Waals surface area (Å²) in [6.07, 6.45) is 0. The third-order valence-electron chi connectivity index (χ3n) is 5.30. The van der Waals surface area contributed by atoms with Gasteiger partial charge in [0.25, 0.3) is 5.56 Å². The Kier molecular flexibility index (Phi) is 4.94. The van der Waals surface area contributed by atoms with Gasteiger partial charge in [0.15, 0.2) is 5.78 Å². The Hall–Kier alpha value is -3.22. The molecule has 4 aromatic rings. The summed E-state index contributed by atoms with van der Waals surface area (Å²) in [6.45, 7) is 2.69. The first-order valence-electron chi connectivity index (χ1n) is 9.90. The molecule has 0 spiro atoms. The minimum atomic E-state index is -0.109. The van der Waals surface area contributed by atoms with Crippen LogP contribution in [0.5, 0.6) is 0 Å². The zero-order valence-electron chi connectivity index (χ0n) is 16.3. The van der Waals surface area contributed by atoms with Gasteiger partial charge < -0.3 is 9.64 Å². The highest BCUT2D eigenvalue weighted by Gasteiger charge is 2.27. The lowest BCUT2D eigenvalue weighted by Crippen LogP contribution is -2.36. The van der Waals surface area contributed by atoms with Crippen LogP contribution in [-0.4, -0.2) is 36.7 Å². The van der Waals surface area contributed by atoms with Gasteiger partial charge in [-0.3, -0.25) is 14.2 Å². The predicted molar refractivity (Wildman–Crippen MR) is 120 cm³/mol. The van der Waals surface area contributed by atoms with Gasteiger partial charge >= 0.3 is 0 Å². The highest BCUT2D eigenvalue weighted by molar-refractivity contribution is 7.23. The Balaban J connectivity index is 1.78. The molecule has 1 aliphatic rings. The maximum Gasteiger partial charge on any atom is 0.256 e. The standard InChI is InChI=1S/C24H20N2O3S/c27-20-12-11-19-21(22(28)17-7-3-1-4-8-17)24(25-13-15-29-16-14-25)30-23(19)26(20)18-9-5-2-6-10-18/h1-12H,13-16H2. The average Bonchev–Trinajstić information content (AvgIpc) is 3.19. The molecular weight excluding hydrogens is 396 g/mol. The van der Waals surface area contributed by atoms with Crippen molar-refractivity contribution in [2.75, 3.05) is 31.2 Å². The molecule has 0 bridgehead atoms. The van der Waals surface area contributed by atoms with Crippen LogP contribution in [0.2, 0.25) is 0 Å². The van der Waals surface area contributed by atoms with Crippen molar-refractivity contribution in [2.24, 2.45) is 0 Å². The minimum absolute atomic E-state index is 0.0263. The third kappa shape index (κ3) is 3.24. The van der Waals surface area contributed by atoms with Crippen molar-refractivity contribution in [3.05, 3.63) is 94.3 Å². The van der Waals surface area contributed by atoms with Gasteiger partial charge in [-0.2, -0.15) is 0 Å². The van der Waals surface area contributed by atoms with E-state index in [1.165, 1.54) is 11.3 Å². The lowest BCUT2D eigenvalue weighted by Gasteiger charge is -2.28. The van der Waals surface area contributed by atoms with Crippen LogP contribution in [0.25, 0.3) is 15.9 Å². The molecule has 1 saturated heterocycles. The number of hydrogen-bond donors (Lipinski definition) is 0. The van der Waals surface area contributed by atoms with Crippen molar-refractivity contribution in [1.29, 1.82) is 0 Å². The molecular formula is C24H20N2O3S. The Morgan fingerprint density at radius 1 is 0.867 bits per heavy atom. The molecule has 5 nitrogen and oxygen atoms in total. The van der Waals surface area contributed by atoms with E-state index < -0.39 is 0 Å². The number of ketones is 1. The maximum atomic E-state index is 13.6. The lowest BCUT2D eigenvalue weighted by molar-refractivity contribution is 0.103. The first-order valence-corrected chi connectivity index (χ1v) is 10.7. The molecule has 1 aliphatic heterocycles.